The van der Waals surface area contributed by atoms with Gasteiger partial charge in [-0.2, -0.15) is 0 Å². The molecule has 1 saturated heterocycles. The van der Waals surface area contributed by atoms with Gasteiger partial charge in [0.2, 0.25) is 11.8 Å². The summed E-state index contributed by atoms with van der Waals surface area (Å²) in [6, 6.07) is 13.8. The van der Waals surface area contributed by atoms with E-state index in [1.165, 1.54) is 5.56 Å². The number of amides is 2. The van der Waals surface area contributed by atoms with Crippen molar-refractivity contribution in [3.8, 4) is 0 Å². The molecule has 4 rings (SSSR count). The van der Waals surface area contributed by atoms with Crippen molar-refractivity contribution in [3.05, 3.63) is 59.9 Å². The number of aromatic nitrogens is 1. The van der Waals surface area contributed by atoms with Crippen LogP contribution in [0.25, 0.3) is 0 Å². The molecule has 1 fully saturated rings. The Labute approximate surface area is 147 Å². The molecule has 25 heavy (non-hydrogen) atoms. The summed E-state index contributed by atoms with van der Waals surface area (Å²) in [5.41, 5.74) is 3.08. The third kappa shape index (κ3) is 3.14. The summed E-state index contributed by atoms with van der Waals surface area (Å²) < 4.78 is 0. The number of pyridine rings is 1. The van der Waals surface area contributed by atoms with Crippen molar-refractivity contribution >= 4 is 17.5 Å². The number of rotatable bonds is 3. The van der Waals surface area contributed by atoms with Crippen LogP contribution in [-0.2, 0) is 22.6 Å². The number of carbonyl (C=O) groups excluding carboxylic acids is 2. The van der Waals surface area contributed by atoms with Gasteiger partial charge in [-0.15, -0.1) is 0 Å². The lowest BCUT2D eigenvalue weighted by Crippen LogP contribution is -2.40. The van der Waals surface area contributed by atoms with Gasteiger partial charge >= 0.3 is 0 Å². The van der Waals surface area contributed by atoms with Gasteiger partial charge < -0.3 is 9.80 Å². The predicted molar refractivity (Wildman–Crippen MR) is 94.9 cm³/mol. The number of anilines is 1. The highest BCUT2D eigenvalue weighted by Crippen LogP contribution is 2.30. The zero-order chi connectivity index (χ0) is 17.2. The number of benzene rings is 1. The number of likely N-dealkylation sites (tertiary alicyclic amines) is 1. The number of hydrogen-bond acceptors (Lipinski definition) is 3. The first-order chi connectivity index (χ1) is 12.2. The van der Waals surface area contributed by atoms with Crippen molar-refractivity contribution in [3.63, 3.8) is 0 Å². The van der Waals surface area contributed by atoms with E-state index < -0.39 is 0 Å². The molecule has 2 amide bonds. The molecule has 5 heteroatoms. The van der Waals surface area contributed by atoms with Crippen molar-refractivity contribution in [1.82, 2.24) is 9.88 Å². The number of nitrogens with zero attached hydrogens (tertiary/aromatic N) is 3. The molecule has 0 radical (unpaired) electrons. The van der Waals surface area contributed by atoms with Gasteiger partial charge in [-0.25, -0.2) is 0 Å². The molecule has 0 unspecified atom stereocenters. The summed E-state index contributed by atoms with van der Waals surface area (Å²) in [7, 11) is 0. The summed E-state index contributed by atoms with van der Waals surface area (Å²) in [6.45, 7) is 1.69. The minimum Gasteiger partial charge on any atom is -0.336 e. The summed E-state index contributed by atoms with van der Waals surface area (Å²) in [5, 5.41) is 0. The van der Waals surface area contributed by atoms with Crippen LogP contribution in [0.3, 0.4) is 0 Å². The molecular formula is C20H21N3O2. The van der Waals surface area contributed by atoms with Crippen molar-refractivity contribution in [2.24, 2.45) is 5.92 Å². The van der Waals surface area contributed by atoms with Gasteiger partial charge in [-0.05, 0) is 36.6 Å². The van der Waals surface area contributed by atoms with E-state index >= 15 is 0 Å². The maximum Gasteiger partial charge on any atom is 0.232 e. The summed E-state index contributed by atoms with van der Waals surface area (Å²) in [4.78, 5) is 33.3. The maximum absolute atomic E-state index is 13.0. The lowest BCUT2D eigenvalue weighted by atomic mass is 9.99. The molecule has 2 aliphatic rings. The first-order valence-electron chi connectivity index (χ1n) is 8.79. The molecule has 0 N–H and O–H groups in total. The quantitative estimate of drug-likeness (QED) is 0.865. The number of aryl methyl sites for hydroxylation is 1. The Hall–Kier alpha value is -2.69. The Bertz CT molecular complexity index is 791. The molecule has 128 valence electrons. The normalized spacial score (nSPS) is 19.8. The van der Waals surface area contributed by atoms with Crippen molar-refractivity contribution < 1.29 is 9.59 Å². The largest absolute Gasteiger partial charge is 0.336 e. The average Bonchev–Trinajstić information content (AvgIpc) is 3.02. The maximum atomic E-state index is 13.0. The van der Waals surface area contributed by atoms with E-state index in [0.717, 1.165) is 30.8 Å². The Kier molecular flexibility index (Phi) is 4.22. The molecular weight excluding hydrogens is 314 g/mol. The summed E-state index contributed by atoms with van der Waals surface area (Å²) in [6.07, 6.45) is 4.00. The van der Waals surface area contributed by atoms with Crippen molar-refractivity contribution in [2.45, 2.75) is 25.8 Å². The molecule has 1 atom stereocenters. The zero-order valence-electron chi connectivity index (χ0n) is 14.1. The van der Waals surface area contributed by atoms with Crippen molar-refractivity contribution in [2.75, 3.05) is 18.0 Å². The lowest BCUT2D eigenvalue weighted by Gasteiger charge is -2.31. The standard InChI is InChI=1S/C20H21N3O2/c24-19-12-16(13-22(19)14-17-8-3-4-10-21-17)20(25)23-11-5-7-15-6-1-2-9-18(15)23/h1-4,6,8-10,16H,5,7,11-14H2/t16-/m1/s1. The molecule has 0 saturated carbocycles. The van der Waals surface area contributed by atoms with Crippen LogP contribution < -0.4 is 4.90 Å². The van der Waals surface area contributed by atoms with Crippen LogP contribution in [0.4, 0.5) is 5.69 Å². The summed E-state index contributed by atoms with van der Waals surface area (Å²) >= 11 is 0. The van der Waals surface area contributed by atoms with Gasteiger partial charge in [0.25, 0.3) is 0 Å². The van der Waals surface area contributed by atoms with Crippen LogP contribution in [0.15, 0.2) is 48.7 Å². The third-order valence-electron chi connectivity index (χ3n) is 5.02. The van der Waals surface area contributed by atoms with E-state index in [-0.39, 0.29) is 17.7 Å². The Balaban J connectivity index is 1.48. The van der Waals surface area contributed by atoms with E-state index in [9.17, 15) is 9.59 Å². The fourth-order valence-electron chi connectivity index (χ4n) is 3.76. The Morgan fingerprint density at radius 2 is 2.00 bits per heavy atom. The second-order valence-corrected chi connectivity index (χ2v) is 6.72. The highest BCUT2D eigenvalue weighted by Gasteiger charge is 2.37. The van der Waals surface area contributed by atoms with Gasteiger partial charge in [0, 0.05) is 31.4 Å². The molecule has 1 aromatic heterocycles. The Morgan fingerprint density at radius 1 is 1.16 bits per heavy atom. The topological polar surface area (TPSA) is 53.5 Å². The highest BCUT2D eigenvalue weighted by atomic mass is 16.2. The lowest BCUT2D eigenvalue weighted by molar-refractivity contribution is -0.129. The molecule has 0 bridgehead atoms. The van der Waals surface area contributed by atoms with Gasteiger partial charge in [0.1, 0.15) is 0 Å². The number of para-hydroxylation sites is 1. The van der Waals surface area contributed by atoms with Crippen molar-refractivity contribution in [1.29, 1.82) is 0 Å². The van der Waals surface area contributed by atoms with E-state index in [2.05, 4.69) is 11.1 Å². The first-order valence-corrected chi connectivity index (χ1v) is 8.79. The minimum atomic E-state index is -0.262. The molecule has 0 spiro atoms. The fraction of sp³-hybridized carbons (Fsp3) is 0.350. The minimum absolute atomic E-state index is 0.0364. The molecule has 0 aliphatic carbocycles. The van der Waals surface area contributed by atoms with Gasteiger partial charge in [-0.1, -0.05) is 24.3 Å². The smallest absolute Gasteiger partial charge is 0.232 e. The highest BCUT2D eigenvalue weighted by molar-refractivity contribution is 5.99. The van der Waals surface area contributed by atoms with Crippen LogP contribution in [-0.4, -0.2) is 34.8 Å². The van der Waals surface area contributed by atoms with Crippen LogP contribution in [0.2, 0.25) is 0 Å². The van der Waals surface area contributed by atoms with E-state index in [1.54, 1.807) is 11.1 Å². The van der Waals surface area contributed by atoms with Crippen LogP contribution in [0.5, 0.6) is 0 Å². The number of fused-ring (bicyclic) bond motifs is 1. The van der Waals surface area contributed by atoms with Gasteiger partial charge in [0.15, 0.2) is 0 Å². The molecule has 2 aliphatic heterocycles. The van der Waals surface area contributed by atoms with Crippen LogP contribution >= 0.6 is 0 Å². The Morgan fingerprint density at radius 3 is 2.84 bits per heavy atom. The number of carbonyl (C=O) groups is 2. The third-order valence-corrected chi connectivity index (χ3v) is 5.02. The molecule has 1 aromatic carbocycles. The van der Waals surface area contributed by atoms with Crippen LogP contribution in [0.1, 0.15) is 24.1 Å². The molecule has 2 aromatic rings. The zero-order valence-corrected chi connectivity index (χ0v) is 14.1. The molecule has 5 nitrogen and oxygen atoms in total. The van der Waals surface area contributed by atoms with E-state index in [4.69, 9.17) is 0 Å². The predicted octanol–water partition coefficient (Wildman–Crippen LogP) is 2.41. The second kappa shape index (κ2) is 6.67. The van der Waals surface area contributed by atoms with E-state index in [1.807, 2.05) is 41.3 Å². The first kappa shape index (κ1) is 15.8. The number of hydrogen-bond donors (Lipinski definition) is 0. The SMILES string of the molecule is O=C1C[C@@H](C(=O)N2CCCc3ccccc32)CN1Cc1ccccn1. The van der Waals surface area contributed by atoms with Gasteiger partial charge in [-0.3, -0.25) is 14.6 Å². The molecule has 3 heterocycles. The average molecular weight is 335 g/mol. The summed E-state index contributed by atoms with van der Waals surface area (Å²) in [5.74, 6) is -0.152. The monoisotopic (exact) mass is 335 g/mol. The van der Waals surface area contributed by atoms with Crippen LogP contribution in [0, 0.1) is 5.92 Å². The van der Waals surface area contributed by atoms with Gasteiger partial charge in [0.05, 0.1) is 18.2 Å². The second-order valence-electron chi connectivity index (χ2n) is 6.72. The van der Waals surface area contributed by atoms with E-state index in [0.29, 0.717) is 19.5 Å². The fourth-order valence-corrected chi connectivity index (χ4v) is 3.76.